The minimum absolute atomic E-state index is 0.0181. The Bertz CT molecular complexity index is 723. The lowest BCUT2D eigenvalue weighted by atomic mass is 10.0. The maximum Gasteiger partial charge on any atom is 0.251 e. The van der Waals surface area contributed by atoms with Gasteiger partial charge in [0.25, 0.3) is 5.91 Å². The topological polar surface area (TPSA) is 47.6 Å². The van der Waals surface area contributed by atoms with E-state index in [1.165, 1.54) is 0 Å². The van der Waals surface area contributed by atoms with Crippen molar-refractivity contribution in [2.75, 3.05) is 26.4 Å². The van der Waals surface area contributed by atoms with Crippen molar-refractivity contribution in [1.29, 1.82) is 0 Å². The lowest BCUT2D eigenvalue weighted by molar-refractivity contribution is 0.0952. The smallest absolute Gasteiger partial charge is 0.251 e. The van der Waals surface area contributed by atoms with Crippen LogP contribution in [0.1, 0.15) is 36.5 Å². The van der Waals surface area contributed by atoms with E-state index in [9.17, 15) is 4.79 Å². The SMILES string of the molecule is CCOc1cccc(-c2cccc(C(=O)NCCCC3CCOC3)c2)c1. The molecule has 0 bridgehead atoms. The molecule has 1 aliphatic heterocycles. The van der Waals surface area contributed by atoms with Crippen molar-refractivity contribution in [1.82, 2.24) is 5.32 Å². The van der Waals surface area contributed by atoms with Gasteiger partial charge in [-0.05, 0) is 67.5 Å². The van der Waals surface area contributed by atoms with Crippen LogP contribution in [-0.2, 0) is 4.74 Å². The second kappa shape index (κ2) is 9.39. The van der Waals surface area contributed by atoms with E-state index < -0.39 is 0 Å². The van der Waals surface area contributed by atoms with Crippen molar-refractivity contribution in [2.45, 2.75) is 26.2 Å². The maximum absolute atomic E-state index is 12.4. The molecule has 0 spiro atoms. The zero-order valence-corrected chi connectivity index (χ0v) is 15.4. The number of hydrogen-bond acceptors (Lipinski definition) is 3. The van der Waals surface area contributed by atoms with Gasteiger partial charge in [-0.25, -0.2) is 0 Å². The largest absolute Gasteiger partial charge is 0.494 e. The third kappa shape index (κ3) is 5.09. The zero-order valence-electron chi connectivity index (χ0n) is 15.4. The number of ether oxygens (including phenoxy) is 2. The molecule has 1 atom stereocenters. The van der Waals surface area contributed by atoms with Gasteiger partial charge < -0.3 is 14.8 Å². The molecular weight excluding hydrogens is 326 g/mol. The fourth-order valence-corrected chi connectivity index (χ4v) is 3.28. The molecule has 0 aromatic heterocycles. The van der Waals surface area contributed by atoms with E-state index >= 15 is 0 Å². The van der Waals surface area contributed by atoms with Crippen LogP contribution in [0.2, 0.25) is 0 Å². The van der Waals surface area contributed by atoms with Crippen LogP contribution in [0, 0.1) is 5.92 Å². The van der Waals surface area contributed by atoms with E-state index in [1.807, 2.05) is 55.5 Å². The molecular formula is C22H27NO3. The Balaban J connectivity index is 1.57. The molecule has 1 N–H and O–H groups in total. The Morgan fingerprint density at radius 1 is 1.19 bits per heavy atom. The van der Waals surface area contributed by atoms with Crippen molar-refractivity contribution >= 4 is 5.91 Å². The normalized spacial score (nSPS) is 16.4. The number of hydrogen-bond donors (Lipinski definition) is 1. The number of benzene rings is 2. The van der Waals surface area contributed by atoms with Crippen molar-refractivity contribution in [3.8, 4) is 16.9 Å². The minimum atomic E-state index is -0.0181. The number of amides is 1. The van der Waals surface area contributed by atoms with Crippen LogP contribution in [0.15, 0.2) is 48.5 Å². The fraction of sp³-hybridized carbons (Fsp3) is 0.409. The lowest BCUT2D eigenvalue weighted by Gasteiger charge is -2.10. The van der Waals surface area contributed by atoms with Crippen LogP contribution < -0.4 is 10.1 Å². The minimum Gasteiger partial charge on any atom is -0.494 e. The summed E-state index contributed by atoms with van der Waals surface area (Å²) in [7, 11) is 0. The van der Waals surface area contributed by atoms with Gasteiger partial charge in [-0.3, -0.25) is 4.79 Å². The Hall–Kier alpha value is -2.33. The molecule has 1 heterocycles. The van der Waals surface area contributed by atoms with Gasteiger partial charge in [0.2, 0.25) is 0 Å². The predicted octanol–water partition coefficient (Wildman–Crippen LogP) is 4.30. The molecule has 4 nitrogen and oxygen atoms in total. The second-order valence-corrected chi connectivity index (χ2v) is 6.67. The quantitative estimate of drug-likeness (QED) is 0.720. The molecule has 0 aliphatic carbocycles. The first-order chi connectivity index (χ1) is 12.8. The average Bonchev–Trinajstić information content (AvgIpc) is 3.19. The number of nitrogens with one attached hydrogen (secondary N) is 1. The molecule has 0 radical (unpaired) electrons. The lowest BCUT2D eigenvalue weighted by Crippen LogP contribution is -2.24. The molecule has 4 heteroatoms. The highest BCUT2D eigenvalue weighted by atomic mass is 16.5. The summed E-state index contributed by atoms with van der Waals surface area (Å²) in [6, 6.07) is 15.7. The van der Waals surface area contributed by atoms with Gasteiger partial charge in [-0.2, -0.15) is 0 Å². The summed E-state index contributed by atoms with van der Waals surface area (Å²) in [5.74, 6) is 1.49. The standard InChI is InChI=1S/C22H27NO3/c1-2-26-21-10-4-8-19(15-21)18-7-3-9-20(14-18)22(24)23-12-5-6-17-11-13-25-16-17/h3-4,7-10,14-15,17H,2,5-6,11-13,16H2,1H3,(H,23,24). The third-order valence-corrected chi connectivity index (χ3v) is 4.70. The van der Waals surface area contributed by atoms with E-state index in [-0.39, 0.29) is 5.91 Å². The molecule has 3 rings (SSSR count). The molecule has 1 unspecified atom stereocenters. The summed E-state index contributed by atoms with van der Waals surface area (Å²) in [5, 5.41) is 3.03. The Labute approximate surface area is 155 Å². The molecule has 138 valence electrons. The predicted molar refractivity (Wildman–Crippen MR) is 104 cm³/mol. The summed E-state index contributed by atoms with van der Waals surface area (Å²) in [6.45, 7) is 5.07. The summed E-state index contributed by atoms with van der Waals surface area (Å²) in [5.41, 5.74) is 2.75. The van der Waals surface area contributed by atoms with Crippen LogP contribution in [-0.4, -0.2) is 32.3 Å². The molecule has 2 aromatic rings. The average molecular weight is 353 g/mol. The van der Waals surface area contributed by atoms with Gasteiger partial charge in [-0.1, -0.05) is 24.3 Å². The van der Waals surface area contributed by atoms with Crippen molar-refractivity contribution in [3.05, 3.63) is 54.1 Å². The zero-order chi connectivity index (χ0) is 18.2. The van der Waals surface area contributed by atoms with Gasteiger partial charge in [-0.15, -0.1) is 0 Å². The van der Waals surface area contributed by atoms with E-state index in [2.05, 4.69) is 5.32 Å². The summed E-state index contributed by atoms with van der Waals surface area (Å²) in [4.78, 5) is 12.4. The van der Waals surface area contributed by atoms with Crippen LogP contribution >= 0.6 is 0 Å². The highest BCUT2D eigenvalue weighted by Crippen LogP contribution is 2.25. The number of carbonyl (C=O) groups is 1. The molecule has 2 aromatic carbocycles. The Morgan fingerprint density at radius 2 is 2.00 bits per heavy atom. The van der Waals surface area contributed by atoms with E-state index in [0.717, 1.165) is 49.4 Å². The van der Waals surface area contributed by atoms with E-state index in [1.54, 1.807) is 0 Å². The van der Waals surface area contributed by atoms with Crippen molar-refractivity contribution in [2.24, 2.45) is 5.92 Å². The first-order valence-electron chi connectivity index (χ1n) is 9.45. The summed E-state index contributed by atoms with van der Waals surface area (Å²) in [6.07, 6.45) is 3.26. The van der Waals surface area contributed by atoms with Crippen LogP contribution in [0.5, 0.6) is 5.75 Å². The van der Waals surface area contributed by atoms with Crippen LogP contribution in [0.3, 0.4) is 0 Å². The number of carbonyl (C=O) groups excluding carboxylic acids is 1. The molecule has 1 saturated heterocycles. The highest BCUT2D eigenvalue weighted by Gasteiger charge is 2.15. The Morgan fingerprint density at radius 3 is 2.77 bits per heavy atom. The van der Waals surface area contributed by atoms with Gasteiger partial charge in [0.05, 0.1) is 6.61 Å². The number of rotatable bonds is 8. The first-order valence-corrected chi connectivity index (χ1v) is 9.45. The molecule has 0 saturated carbocycles. The Kier molecular flexibility index (Phi) is 6.67. The van der Waals surface area contributed by atoms with Crippen molar-refractivity contribution in [3.63, 3.8) is 0 Å². The molecule has 1 aliphatic rings. The molecule has 1 amide bonds. The van der Waals surface area contributed by atoms with Gasteiger partial charge in [0.15, 0.2) is 0 Å². The van der Waals surface area contributed by atoms with Gasteiger partial charge >= 0.3 is 0 Å². The van der Waals surface area contributed by atoms with Crippen LogP contribution in [0.25, 0.3) is 11.1 Å². The first kappa shape index (κ1) is 18.5. The highest BCUT2D eigenvalue weighted by molar-refractivity contribution is 5.95. The molecule has 1 fully saturated rings. The van der Waals surface area contributed by atoms with E-state index in [0.29, 0.717) is 24.6 Å². The van der Waals surface area contributed by atoms with Gasteiger partial charge in [0.1, 0.15) is 5.75 Å². The summed E-state index contributed by atoms with van der Waals surface area (Å²) >= 11 is 0. The van der Waals surface area contributed by atoms with Crippen molar-refractivity contribution < 1.29 is 14.3 Å². The van der Waals surface area contributed by atoms with Crippen LogP contribution in [0.4, 0.5) is 0 Å². The third-order valence-electron chi connectivity index (χ3n) is 4.70. The fourth-order valence-electron chi connectivity index (χ4n) is 3.28. The second-order valence-electron chi connectivity index (χ2n) is 6.67. The van der Waals surface area contributed by atoms with Gasteiger partial charge in [0, 0.05) is 25.3 Å². The molecule has 26 heavy (non-hydrogen) atoms. The van der Waals surface area contributed by atoms with E-state index in [4.69, 9.17) is 9.47 Å². The monoisotopic (exact) mass is 353 g/mol. The maximum atomic E-state index is 12.4. The summed E-state index contributed by atoms with van der Waals surface area (Å²) < 4.78 is 11.0.